The van der Waals surface area contributed by atoms with Gasteiger partial charge in [0.25, 0.3) is 5.91 Å². The molecule has 5 rings (SSSR count). The van der Waals surface area contributed by atoms with Crippen LogP contribution in [0.2, 0.25) is 10.0 Å². The molecule has 2 aliphatic rings. The van der Waals surface area contributed by atoms with Gasteiger partial charge in [-0.25, -0.2) is 0 Å². The maximum Gasteiger partial charge on any atom is 0.254 e. The number of likely N-dealkylation sites (tertiary alicyclic amines) is 1. The summed E-state index contributed by atoms with van der Waals surface area (Å²) in [5.41, 5.74) is 4.86. The van der Waals surface area contributed by atoms with Crippen LogP contribution in [0.25, 0.3) is 0 Å². The molecular formula is C35H42Cl2N4O3. The summed E-state index contributed by atoms with van der Waals surface area (Å²) >= 11 is 12.6. The number of benzene rings is 3. The number of piperidine rings is 1. The predicted octanol–water partition coefficient (Wildman–Crippen LogP) is 5.64. The number of hydrogen-bond acceptors (Lipinski definition) is 5. The lowest BCUT2D eigenvalue weighted by Gasteiger charge is -2.43. The summed E-state index contributed by atoms with van der Waals surface area (Å²) in [7, 11) is 0. The van der Waals surface area contributed by atoms with Gasteiger partial charge >= 0.3 is 0 Å². The Kier molecular flexibility index (Phi) is 11.0. The molecule has 0 aliphatic carbocycles. The molecule has 2 heterocycles. The summed E-state index contributed by atoms with van der Waals surface area (Å²) in [6.45, 7) is 7.32. The van der Waals surface area contributed by atoms with Crippen LogP contribution in [0.1, 0.15) is 57.9 Å². The number of rotatable bonds is 9. The minimum absolute atomic E-state index is 0.00926. The van der Waals surface area contributed by atoms with Crippen LogP contribution in [0.3, 0.4) is 0 Å². The Morgan fingerprint density at radius 2 is 1.68 bits per heavy atom. The molecule has 2 aliphatic heterocycles. The molecular weight excluding hydrogens is 595 g/mol. The number of carbonyl (C=O) groups is 2. The molecule has 2 amide bonds. The number of nitrogens with one attached hydrogen (secondary N) is 1. The molecule has 3 unspecified atom stereocenters. The number of nitrogens with zero attached hydrogens (tertiary/aromatic N) is 3. The zero-order valence-corrected chi connectivity index (χ0v) is 27.0. The Labute approximate surface area is 270 Å². The third kappa shape index (κ3) is 8.01. The Bertz CT molecular complexity index is 1430. The highest BCUT2D eigenvalue weighted by Crippen LogP contribution is 2.32. The zero-order chi connectivity index (χ0) is 31.2. The fourth-order valence-electron chi connectivity index (χ4n) is 6.65. The predicted molar refractivity (Wildman–Crippen MR) is 176 cm³/mol. The SMILES string of the molecule is Cc1cc(C)cc(C(=O)N2CCN(C(=O)CNC3CCN(Cc4ccccc4)C(CCO)C3)C(c3ccc(Cl)c(Cl)c3)C2)c1. The normalized spacial score (nSPS) is 21.0. The van der Waals surface area contributed by atoms with Gasteiger partial charge in [0, 0.05) is 57.0 Å². The third-order valence-corrected chi connectivity index (χ3v) is 9.59. The van der Waals surface area contributed by atoms with Gasteiger partial charge in [0.2, 0.25) is 5.91 Å². The molecule has 9 heteroatoms. The van der Waals surface area contributed by atoms with Crippen LogP contribution in [0.15, 0.2) is 66.7 Å². The zero-order valence-electron chi connectivity index (χ0n) is 25.5. The summed E-state index contributed by atoms with van der Waals surface area (Å²) in [5, 5.41) is 14.2. The van der Waals surface area contributed by atoms with Gasteiger partial charge in [0.15, 0.2) is 0 Å². The number of amides is 2. The van der Waals surface area contributed by atoms with E-state index in [9.17, 15) is 14.7 Å². The second kappa shape index (κ2) is 14.9. The molecule has 0 saturated carbocycles. The Morgan fingerprint density at radius 3 is 2.39 bits per heavy atom. The maximum absolute atomic E-state index is 13.8. The minimum Gasteiger partial charge on any atom is -0.396 e. The molecule has 3 atom stereocenters. The summed E-state index contributed by atoms with van der Waals surface area (Å²) in [6, 6.07) is 21.8. The lowest BCUT2D eigenvalue weighted by molar-refractivity contribution is -0.135. The largest absolute Gasteiger partial charge is 0.396 e. The summed E-state index contributed by atoms with van der Waals surface area (Å²) in [5.74, 6) is -0.0470. The average Bonchev–Trinajstić information content (AvgIpc) is 3.02. The van der Waals surface area contributed by atoms with Crippen molar-refractivity contribution in [2.24, 2.45) is 0 Å². The molecule has 2 saturated heterocycles. The van der Waals surface area contributed by atoms with Crippen molar-refractivity contribution >= 4 is 35.0 Å². The first-order valence-electron chi connectivity index (χ1n) is 15.5. The molecule has 0 radical (unpaired) electrons. The molecule has 234 valence electrons. The van der Waals surface area contributed by atoms with E-state index in [4.69, 9.17) is 23.2 Å². The summed E-state index contributed by atoms with van der Waals surface area (Å²) in [6.07, 6.45) is 2.50. The van der Waals surface area contributed by atoms with Gasteiger partial charge in [-0.3, -0.25) is 14.5 Å². The van der Waals surface area contributed by atoms with E-state index < -0.39 is 0 Å². The van der Waals surface area contributed by atoms with Crippen molar-refractivity contribution in [3.05, 3.63) is 105 Å². The number of carbonyl (C=O) groups excluding carboxylic acids is 2. The molecule has 0 bridgehead atoms. The van der Waals surface area contributed by atoms with Crippen molar-refractivity contribution in [2.75, 3.05) is 39.3 Å². The third-order valence-electron chi connectivity index (χ3n) is 8.86. The van der Waals surface area contributed by atoms with Crippen molar-refractivity contribution < 1.29 is 14.7 Å². The average molecular weight is 638 g/mol. The lowest BCUT2D eigenvalue weighted by Crippen LogP contribution is -2.55. The van der Waals surface area contributed by atoms with Crippen LogP contribution in [0, 0.1) is 13.8 Å². The Hall–Kier alpha value is -2.94. The quantitative estimate of drug-likeness (QED) is 0.318. The van der Waals surface area contributed by atoms with E-state index in [1.165, 1.54) is 5.56 Å². The first-order valence-corrected chi connectivity index (χ1v) is 16.2. The number of aryl methyl sites for hydroxylation is 2. The van der Waals surface area contributed by atoms with Gasteiger partial charge in [-0.15, -0.1) is 0 Å². The van der Waals surface area contributed by atoms with E-state index in [-0.39, 0.29) is 43.1 Å². The monoisotopic (exact) mass is 636 g/mol. The maximum atomic E-state index is 13.8. The number of aliphatic hydroxyl groups is 1. The molecule has 3 aromatic carbocycles. The van der Waals surface area contributed by atoms with Gasteiger partial charge in [0.1, 0.15) is 0 Å². The lowest BCUT2D eigenvalue weighted by atomic mass is 9.94. The van der Waals surface area contributed by atoms with Crippen LogP contribution in [0.5, 0.6) is 0 Å². The Balaban J connectivity index is 1.26. The number of aliphatic hydroxyl groups excluding tert-OH is 1. The van der Waals surface area contributed by atoms with Gasteiger partial charge < -0.3 is 20.2 Å². The molecule has 3 aromatic rings. The first kappa shape index (κ1) is 32.5. The van der Waals surface area contributed by atoms with Crippen molar-refractivity contribution in [1.29, 1.82) is 0 Å². The van der Waals surface area contributed by atoms with E-state index in [0.717, 1.165) is 42.6 Å². The molecule has 7 nitrogen and oxygen atoms in total. The van der Waals surface area contributed by atoms with Crippen molar-refractivity contribution in [3.8, 4) is 0 Å². The summed E-state index contributed by atoms with van der Waals surface area (Å²) in [4.78, 5) is 33.5. The standard InChI is InChI=1S/C35H42Cl2N4O3/c1-24-16-25(2)18-28(17-24)35(44)40-13-14-41(33(23-40)27-8-9-31(36)32(37)19-27)34(43)21-38-29-10-12-39(30(20-29)11-15-42)22-26-6-4-3-5-7-26/h3-9,16-19,29-30,33,38,42H,10-15,20-23H2,1-2H3. The topological polar surface area (TPSA) is 76.1 Å². The highest BCUT2D eigenvalue weighted by atomic mass is 35.5. The Morgan fingerprint density at radius 1 is 0.932 bits per heavy atom. The number of halogens is 2. The second-order valence-corrected chi connectivity index (χ2v) is 12.9. The fourth-order valence-corrected chi connectivity index (χ4v) is 6.95. The van der Waals surface area contributed by atoms with Crippen LogP contribution in [-0.4, -0.2) is 83.0 Å². The van der Waals surface area contributed by atoms with E-state index in [1.807, 2.05) is 47.9 Å². The minimum atomic E-state index is -0.350. The smallest absolute Gasteiger partial charge is 0.254 e. The molecule has 44 heavy (non-hydrogen) atoms. The second-order valence-electron chi connectivity index (χ2n) is 12.1. The van der Waals surface area contributed by atoms with Gasteiger partial charge in [-0.1, -0.05) is 76.8 Å². The van der Waals surface area contributed by atoms with Crippen molar-refractivity contribution in [3.63, 3.8) is 0 Å². The molecule has 2 N–H and O–H groups in total. The fraction of sp³-hybridized carbons (Fsp3) is 0.429. The van der Waals surface area contributed by atoms with E-state index in [1.54, 1.807) is 12.1 Å². The van der Waals surface area contributed by atoms with E-state index in [2.05, 4.69) is 40.5 Å². The number of piperazine rings is 1. The summed E-state index contributed by atoms with van der Waals surface area (Å²) < 4.78 is 0. The van der Waals surface area contributed by atoms with Gasteiger partial charge in [0.05, 0.1) is 22.6 Å². The van der Waals surface area contributed by atoms with E-state index in [0.29, 0.717) is 41.7 Å². The van der Waals surface area contributed by atoms with Gasteiger partial charge in [-0.05, 0) is 68.5 Å². The molecule has 0 aromatic heterocycles. The first-order chi connectivity index (χ1) is 21.2. The van der Waals surface area contributed by atoms with Crippen LogP contribution >= 0.6 is 23.2 Å². The molecule has 0 spiro atoms. The number of hydrogen-bond donors (Lipinski definition) is 2. The highest BCUT2D eigenvalue weighted by Gasteiger charge is 2.35. The van der Waals surface area contributed by atoms with Crippen LogP contribution in [0.4, 0.5) is 0 Å². The van der Waals surface area contributed by atoms with Crippen molar-refractivity contribution in [1.82, 2.24) is 20.0 Å². The van der Waals surface area contributed by atoms with Gasteiger partial charge in [-0.2, -0.15) is 0 Å². The van der Waals surface area contributed by atoms with Crippen LogP contribution in [-0.2, 0) is 11.3 Å². The van der Waals surface area contributed by atoms with E-state index >= 15 is 0 Å². The molecule has 2 fully saturated rings. The van der Waals surface area contributed by atoms with Crippen LogP contribution < -0.4 is 5.32 Å². The van der Waals surface area contributed by atoms with Crippen molar-refractivity contribution in [2.45, 2.75) is 57.8 Å². The highest BCUT2D eigenvalue weighted by molar-refractivity contribution is 6.42.